The number of hydrogen-bond acceptors (Lipinski definition) is 4. The van der Waals surface area contributed by atoms with Crippen LogP contribution in [0.1, 0.15) is 54.6 Å². The molecule has 1 atom stereocenters. The van der Waals surface area contributed by atoms with Crippen molar-refractivity contribution in [3.63, 3.8) is 0 Å². The van der Waals surface area contributed by atoms with Gasteiger partial charge in [-0.15, -0.1) is 10.2 Å². The Hall–Kier alpha value is -1.82. The van der Waals surface area contributed by atoms with Gasteiger partial charge in [-0.3, -0.25) is 4.79 Å². The lowest BCUT2D eigenvalue weighted by atomic mass is 9.88. The Morgan fingerprint density at radius 1 is 1.29 bits per heavy atom. The van der Waals surface area contributed by atoms with Gasteiger partial charge in [-0.2, -0.15) is 0 Å². The van der Waals surface area contributed by atoms with Crippen LogP contribution >= 0.6 is 11.8 Å². The Morgan fingerprint density at radius 3 is 2.96 bits per heavy atom. The van der Waals surface area contributed by atoms with Crippen LogP contribution in [0.15, 0.2) is 29.4 Å². The molecule has 1 N–H and O–H groups in total. The van der Waals surface area contributed by atoms with Crippen LogP contribution in [0.25, 0.3) is 0 Å². The quantitative estimate of drug-likeness (QED) is 0.849. The normalized spacial score (nSPS) is 19.8. The Balaban J connectivity index is 1.36. The SMILES string of the molecule is Cn1c(SCC(=O)N[C@@H]2CCCc3ccccc32)nnc1C1CC1. The maximum Gasteiger partial charge on any atom is 0.230 e. The lowest BCUT2D eigenvalue weighted by molar-refractivity contribution is -0.119. The van der Waals surface area contributed by atoms with Crippen LogP contribution < -0.4 is 5.32 Å². The van der Waals surface area contributed by atoms with Crippen LogP contribution in [0.2, 0.25) is 0 Å². The average Bonchev–Trinajstić information content (AvgIpc) is 3.37. The first-order valence-corrected chi connectivity index (χ1v) is 9.60. The van der Waals surface area contributed by atoms with Crippen molar-refractivity contribution in [2.24, 2.45) is 7.05 Å². The first kappa shape index (κ1) is 15.7. The average molecular weight is 342 g/mol. The van der Waals surface area contributed by atoms with E-state index in [1.807, 2.05) is 11.6 Å². The van der Waals surface area contributed by atoms with Gasteiger partial charge >= 0.3 is 0 Å². The fraction of sp³-hybridized carbons (Fsp3) is 0.500. The predicted octanol–water partition coefficient (Wildman–Crippen LogP) is 2.98. The zero-order valence-electron chi connectivity index (χ0n) is 13.9. The molecule has 0 bridgehead atoms. The lowest BCUT2D eigenvalue weighted by Crippen LogP contribution is -2.32. The number of carbonyl (C=O) groups excluding carboxylic acids is 1. The molecule has 0 aliphatic heterocycles. The summed E-state index contributed by atoms with van der Waals surface area (Å²) in [4.78, 5) is 12.4. The van der Waals surface area contributed by atoms with Crippen LogP contribution in [0, 0.1) is 0 Å². The van der Waals surface area contributed by atoms with Gasteiger partial charge in [0.25, 0.3) is 0 Å². The van der Waals surface area contributed by atoms with Gasteiger partial charge in [-0.1, -0.05) is 36.0 Å². The molecule has 1 saturated carbocycles. The monoisotopic (exact) mass is 342 g/mol. The van der Waals surface area contributed by atoms with Gasteiger partial charge in [0.1, 0.15) is 5.82 Å². The first-order chi connectivity index (χ1) is 11.7. The van der Waals surface area contributed by atoms with E-state index in [2.05, 4.69) is 39.8 Å². The number of rotatable bonds is 5. The highest BCUT2D eigenvalue weighted by Crippen LogP contribution is 2.39. The smallest absolute Gasteiger partial charge is 0.230 e. The summed E-state index contributed by atoms with van der Waals surface area (Å²) in [6, 6.07) is 8.57. The van der Waals surface area contributed by atoms with E-state index in [1.54, 1.807) is 0 Å². The van der Waals surface area contributed by atoms with Crippen molar-refractivity contribution in [3.05, 3.63) is 41.2 Å². The van der Waals surface area contributed by atoms with Gasteiger partial charge in [0, 0.05) is 13.0 Å². The van der Waals surface area contributed by atoms with E-state index >= 15 is 0 Å². The Labute approximate surface area is 146 Å². The number of thioether (sulfide) groups is 1. The molecule has 126 valence electrons. The first-order valence-electron chi connectivity index (χ1n) is 8.61. The summed E-state index contributed by atoms with van der Waals surface area (Å²) < 4.78 is 2.03. The summed E-state index contributed by atoms with van der Waals surface area (Å²) in [6.45, 7) is 0. The number of nitrogens with one attached hydrogen (secondary N) is 1. The van der Waals surface area contributed by atoms with Crippen LogP contribution in [0.5, 0.6) is 0 Å². The second kappa shape index (κ2) is 6.59. The molecule has 1 fully saturated rings. The molecular formula is C18H22N4OS. The van der Waals surface area contributed by atoms with Gasteiger partial charge in [0.2, 0.25) is 5.91 Å². The van der Waals surface area contributed by atoms with Gasteiger partial charge in [0.05, 0.1) is 11.8 Å². The van der Waals surface area contributed by atoms with Crippen LogP contribution in [-0.4, -0.2) is 26.4 Å². The summed E-state index contributed by atoms with van der Waals surface area (Å²) in [5.41, 5.74) is 2.64. The number of aryl methyl sites for hydroxylation is 1. The highest BCUT2D eigenvalue weighted by molar-refractivity contribution is 7.99. The summed E-state index contributed by atoms with van der Waals surface area (Å²) in [6.07, 6.45) is 5.67. The van der Waals surface area contributed by atoms with Gasteiger partial charge in [0.15, 0.2) is 5.16 Å². The van der Waals surface area contributed by atoms with Crippen LogP contribution in [-0.2, 0) is 18.3 Å². The molecule has 0 radical (unpaired) electrons. The van der Waals surface area contributed by atoms with E-state index < -0.39 is 0 Å². The van der Waals surface area contributed by atoms with Crippen molar-refractivity contribution in [2.75, 3.05) is 5.75 Å². The second-order valence-electron chi connectivity index (χ2n) is 6.67. The molecule has 0 spiro atoms. The largest absolute Gasteiger partial charge is 0.349 e. The molecule has 1 heterocycles. The molecule has 2 aliphatic carbocycles. The number of aromatic nitrogens is 3. The molecule has 1 amide bonds. The minimum Gasteiger partial charge on any atom is -0.349 e. The molecule has 0 unspecified atom stereocenters. The molecule has 4 rings (SSSR count). The molecule has 6 heteroatoms. The molecule has 1 aromatic heterocycles. The number of amides is 1. The van der Waals surface area contributed by atoms with E-state index in [0.29, 0.717) is 11.7 Å². The van der Waals surface area contributed by atoms with Crippen molar-refractivity contribution in [3.8, 4) is 0 Å². The summed E-state index contributed by atoms with van der Waals surface area (Å²) in [5, 5.41) is 12.5. The molecule has 2 aromatic rings. The zero-order valence-corrected chi connectivity index (χ0v) is 14.7. The molecule has 0 saturated heterocycles. The minimum absolute atomic E-state index is 0.0673. The number of nitrogens with zero attached hydrogens (tertiary/aromatic N) is 3. The molecule has 24 heavy (non-hydrogen) atoms. The molecule has 1 aromatic carbocycles. The molecule has 2 aliphatic rings. The highest BCUT2D eigenvalue weighted by atomic mass is 32.2. The topological polar surface area (TPSA) is 59.8 Å². The fourth-order valence-corrected chi connectivity index (χ4v) is 4.15. The van der Waals surface area contributed by atoms with E-state index in [4.69, 9.17) is 0 Å². The number of fused-ring (bicyclic) bond motifs is 1. The van der Waals surface area contributed by atoms with E-state index in [1.165, 1.54) is 35.7 Å². The standard InChI is InChI=1S/C18H22N4OS/c1-22-17(13-9-10-13)20-21-18(22)24-11-16(23)19-15-8-4-6-12-5-2-3-7-14(12)15/h2-3,5,7,13,15H,4,6,8-11H2,1H3,(H,19,23)/t15-/m1/s1. The highest BCUT2D eigenvalue weighted by Gasteiger charge is 2.29. The van der Waals surface area contributed by atoms with E-state index in [-0.39, 0.29) is 11.9 Å². The van der Waals surface area contributed by atoms with Crippen molar-refractivity contribution < 1.29 is 4.79 Å². The third kappa shape index (κ3) is 3.20. The molecule has 5 nitrogen and oxygen atoms in total. The Kier molecular flexibility index (Phi) is 4.31. The maximum atomic E-state index is 12.4. The van der Waals surface area contributed by atoms with Crippen molar-refractivity contribution in [1.29, 1.82) is 0 Å². The summed E-state index contributed by atoms with van der Waals surface area (Å²) in [7, 11) is 1.99. The van der Waals surface area contributed by atoms with Crippen molar-refractivity contribution in [1.82, 2.24) is 20.1 Å². The Morgan fingerprint density at radius 2 is 2.12 bits per heavy atom. The van der Waals surface area contributed by atoms with Crippen LogP contribution in [0.3, 0.4) is 0 Å². The van der Waals surface area contributed by atoms with E-state index in [9.17, 15) is 4.79 Å². The fourth-order valence-electron chi connectivity index (χ4n) is 3.42. The summed E-state index contributed by atoms with van der Waals surface area (Å²) >= 11 is 1.47. The van der Waals surface area contributed by atoms with E-state index in [0.717, 1.165) is 30.2 Å². The lowest BCUT2D eigenvalue weighted by Gasteiger charge is -2.26. The minimum atomic E-state index is 0.0673. The zero-order chi connectivity index (χ0) is 16.5. The van der Waals surface area contributed by atoms with Crippen molar-refractivity contribution >= 4 is 17.7 Å². The van der Waals surface area contributed by atoms with Gasteiger partial charge < -0.3 is 9.88 Å². The second-order valence-corrected chi connectivity index (χ2v) is 7.62. The van der Waals surface area contributed by atoms with Crippen molar-refractivity contribution in [2.45, 2.75) is 49.2 Å². The van der Waals surface area contributed by atoms with Gasteiger partial charge in [-0.05, 0) is 43.2 Å². The predicted molar refractivity (Wildman–Crippen MR) is 94.0 cm³/mol. The number of carbonyl (C=O) groups is 1. The van der Waals surface area contributed by atoms with Gasteiger partial charge in [-0.25, -0.2) is 0 Å². The third-order valence-electron chi connectivity index (χ3n) is 4.85. The third-order valence-corrected chi connectivity index (χ3v) is 5.87. The number of benzene rings is 1. The molecular weight excluding hydrogens is 320 g/mol. The maximum absolute atomic E-state index is 12.4. The Bertz CT molecular complexity index is 753. The van der Waals surface area contributed by atoms with Crippen LogP contribution in [0.4, 0.5) is 0 Å². The number of hydrogen-bond donors (Lipinski definition) is 1. The summed E-state index contributed by atoms with van der Waals surface area (Å²) in [5.74, 6) is 2.08.